The van der Waals surface area contributed by atoms with Gasteiger partial charge in [0.2, 0.25) is 5.91 Å². The average Bonchev–Trinajstić information content (AvgIpc) is 2.91. The molecule has 0 radical (unpaired) electrons. The van der Waals surface area contributed by atoms with E-state index >= 15 is 0 Å². The molecule has 2 N–H and O–H groups in total. The summed E-state index contributed by atoms with van der Waals surface area (Å²) in [5.41, 5.74) is 0.515. The normalized spacial score (nSPS) is 17.9. The van der Waals surface area contributed by atoms with Crippen molar-refractivity contribution in [2.45, 2.75) is 19.0 Å². The van der Waals surface area contributed by atoms with Crippen molar-refractivity contribution in [2.24, 2.45) is 0 Å². The number of likely N-dealkylation sites (N-methyl/N-ethyl adjacent to an activating group) is 1. The molecule has 2 rings (SSSR count). The van der Waals surface area contributed by atoms with Crippen LogP contribution in [-0.2, 0) is 11.3 Å². The van der Waals surface area contributed by atoms with Crippen molar-refractivity contribution in [3.05, 3.63) is 35.6 Å². The van der Waals surface area contributed by atoms with Gasteiger partial charge in [0, 0.05) is 24.7 Å². The van der Waals surface area contributed by atoms with Crippen LogP contribution in [0.1, 0.15) is 12.0 Å². The zero-order valence-corrected chi connectivity index (χ0v) is 12.4. The molecule has 6 heteroatoms. The maximum absolute atomic E-state index is 13.4. The number of nitrogens with zero attached hydrogens (tertiary/aromatic N) is 1. The van der Waals surface area contributed by atoms with Crippen LogP contribution in [-0.4, -0.2) is 43.5 Å². The molecule has 1 fully saturated rings. The Morgan fingerprint density at radius 1 is 1.50 bits per heavy atom. The smallest absolute Gasteiger partial charge is 0.234 e. The third kappa shape index (κ3) is 4.74. The predicted octanol–water partition coefficient (Wildman–Crippen LogP) is 1.16. The van der Waals surface area contributed by atoms with Crippen LogP contribution in [0, 0.1) is 5.82 Å². The van der Waals surface area contributed by atoms with Crippen molar-refractivity contribution >= 4 is 18.3 Å². The molecule has 0 aromatic heterocycles. The summed E-state index contributed by atoms with van der Waals surface area (Å²) in [4.78, 5) is 13.8. The Balaban J connectivity index is 0.00000200. The number of amides is 1. The SMILES string of the molecule is CN(CC(=O)NCc1ccccc1F)C1CCNC1.Cl. The molecule has 1 unspecified atom stereocenters. The topological polar surface area (TPSA) is 44.4 Å². The van der Waals surface area contributed by atoms with Crippen LogP contribution in [0.25, 0.3) is 0 Å². The molecule has 1 saturated heterocycles. The first-order chi connectivity index (χ1) is 9.16. The quantitative estimate of drug-likeness (QED) is 0.858. The fourth-order valence-electron chi connectivity index (χ4n) is 2.26. The molecule has 1 aromatic rings. The van der Waals surface area contributed by atoms with E-state index < -0.39 is 0 Å². The summed E-state index contributed by atoms with van der Waals surface area (Å²) < 4.78 is 13.4. The van der Waals surface area contributed by atoms with E-state index in [1.807, 2.05) is 11.9 Å². The number of halogens is 2. The Hall–Kier alpha value is -1.17. The van der Waals surface area contributed by atoms with Gasteiger partial charge in [0.05, 0.1) is 6.54 Å². The second-order valence-electron chi connectivity index (χ2n) is 4.93. The van der Waals surface area contributed by atoms with Crippen molar-refractivity contribution in [3.63, 3.8) is 0 Å². The van der Waals surface area contributed by atoms with Crippen molar-refractivity contribution in [1.29, 1.82) is 0 Å². The molecule has 0 aliphatic carbocycles. The Kier molecular flexibility index (Phi) is 6.91. The summed E-state index contributed by atoms with van der Waals surface area (Å²) in [5, 5.41) is 6.02. The number of hydrogen-bond donors (Lipinski definition) is 2. The molecule has 0 bridgehead atoms. The van der Waals surface area contributed by atoms with Gasteiger partial charge in [-0.1, -0.05) is 18.2 Å². The molecular weight excluding hydrogens is 281 g/mol. The number of rotatable bonds is 5. The lowest BCUT2D eigenvalue weighted by Gasteiger charge is -2.22. The Bertz CT molecular complexity index is 438. The van der Waals surface area contributed by atoms with E-state index in [0.29, 0.717) is 18.2 Å². The van der Waals surface area contributed by atoms with E-state index in [4.69, 9.17) is 0 Å². The van der Waals surface area contributed by atoms with Crippen LogP contribution in [0.5, 0.6) is 0 Å². The van der Waals surface area contributed by atoms with Crippen molar-refractivity contribution in [1.82, 2.24) is 15.5 Å². The van der Waals surface area contributed by atoms with Crippen molar-refractivity contribution in [3.8, 4) is 0 Å². The molecule has 112 valence electrons. The molecule has 1 atom stereocenters. The van der Waals surface area contributed by atoms with E-state index in [-0.39, 0.29) is 30.7 Å². The molecule has 20 heavy (non-hydrogen) atoms. The van der Waals surface area contributed by atoms with Gasteiger partial charge in [-0.3, -0.25) is 9.69 Å². The molecule has 4 nitrogen and oxygen atoms in total. The Morgan fingerprint density at radius 3 is 2.90 bits per heavy atom. The van der Waals surface area contributed by atoms with E-state index in [2.05, 4.69) is 10.6 Å². The van der Waals surface area contributed by atoms with Crippen LogP contribution in [0.2, 0.25) is 0 Å². The van der Waals surface area contributed by atoms with E-state index in [9.17, 15) is 9.18 Å². The minimum atomic E-state index is -0.281. The minimum Gasteiger partial charge on any atom is -0.351 e. The molecule has 1 heterocycles. The summed E-state index contributed by atoms with van der Waals surface area (Å²) in [6.45, 7) is 2.52. The van der Waals surface area contributed by atoms with Gasteiger partial charge in [-0.15, -0.1) is 12.4 Å². The number of carbonyl (C=O) groups excluding carboxylic acids is 1. The maximum atomic E-state index is 13.4. The minimum absolute atomic E-state index is 0. The molecule has 1 amide bonds. The highest BCUT2D eigenvalue weighted by Gasteiger charge is 2.20. The number of carbonyl (C=O) groups is 1. The zero-order valence-electron chi connectivity index (χ0n) is 11.6. The van der Waals surface area contributed by atoms with E-state index in [1.54, 1.807) is 18.2 Å². The Labute approximate surface area is 125 Å². The monoisotopic (exact) mass is 301 g/mol. The highest BCUT2D eigenvalue weighted by Crippen LogP contribution is 2.07. The molecule has 1 aliphatic heterocycles. The third-order valence-electron chi connectivity index (χ3n) is 3.48. The summed E-state index contributed by atoms with van der Waals surface area (Å²) >= 11 is 0. The molecule has 1 aliphatic rings. The van der Waals surface area contributed by atoms with Gasteiger partial charge in [0.1, 0.15) is 5.82 Å². The van der Waals surface area contributed by atoms with Gasteiger partial charge in [-0.05, 0) is 26.1 Å². The van der Waals surface area contributed by atoms with Gasteiger partial charge in [-0.25, -0.2) is 4.39 Å². The largest absolute Gasteiger partial charge is 0.351 e. The fraction of sp³-hybridized carbons (Fsp3) is 0.500. The van der Waals surface area contributed by atoms with Crippen LogP contribution in [0.3, 0.4) is 0 Å². The van der Waals surface area contributed by atoms with Crippen LogP contribution < -0.4 is 10.6 Å². The van der Waals surface area contributed by atoms with Crippen molar-refractivity contribution in [2.75, 3.05) is 26.7 Å². The summed E-state index contributed by atoms with van der Waals surface area (Å²) in [6.07, 6.45) is 1.07. The number of benzene rings is 1. The number of nitrogens with one attached hydrogen (secondary N) is 2. The highest BCUT2D eigenvalue weighted by molar-refractivity contribution is 5.85. The van der Waals surface area contributed by atoms with E-state index in [1.165, 1.54) is 6.07 Å². The van der Waals surface area contributed by atoms with Gasteiger partial charge in [0.15, 0.2) is 0 Å². The van der Waals surface area contributed by atoms with Gasteiger partial charge in [0.25, 0.3) is 0 Å². The highest BCUT2D eigenvalue weighted by atomic mass is 35.5. The maximum Gasteiger partial charge on any atom is 0.234 e. The van der Waals surface area contributed by atoms with Crippen LogP contribution >= 0.6 is 12.4 Å². The summed E-state index contributed by atoms with van der Waals surface area (Å²) in [5.74, 6) is -0.353. The molecule has 0 spiro atoms. The zero-order chi connectivity index (χ0) is 13.7. The summed E-state index contributed by atoms with van der Waals surface area (Å²) in [6, 6.07) is 6.90. The van der Waals surface area contributed by atoms with Crippen LogP contribution in [0.4, 0.5) is 4.39 Å². The van der Waals surface area contributed by atoms with Gasteiger partial charge < -0.3 is 10.6 Å². The lowest BCUT2D eigenvalue weighted by atomic mass is 10.2. The lowest BCUT2D eigenvalue weighted by Crippen LogP contribution is -2.41. The first-order valence-electron chi connectivity index (χ1n) is 6.58. The van der Waals surface area contributed by atoms with Gasteiger partial charge >= 0.3 is 0 Å². The van der Waals surface area contributed by atoms with Crippen LogP contribution in [0.15, 0.2) is 24.3 Å². The second kappa shape index (κ2) is 8.19. The fourth-order valence-corrected chi connectivity index (χ4v) is 2.26. The predicted molar refractivity (Wildman–Crippen MR) is 79.4 cm³/mol. The van der Waals surface area contributed by atoms with Gasteiger partial charge in [-0.2, -0.15) is 0 Å². The first kappa shape index (κ1) is 16.9. The summed E-state index contributed by atoms with van der Waals surface area (Å²) in [7, 11) is 1.94. The second-order valence-corrected chi connectivity index (χ2v) is 4.93. The van der Waals surface area contributed by atoms with Crippen molar-refractivity contribution < 1.29 is 9.18 Å². The molecular formula is C14H21ClFN3O. The van der Waals surface area contributed by atoms with E-state index in [0.717, 1.165) is 19.5 Å². The lowest BCUT2D eigenvalue weighted by molar-refractivity contribution is -0.122. The number of hydrogen-bond acceptors (Lipinski definition) is 3. The Morgan fingerprint density at radius 2 is 2.25 bits per heavy atom. The molecule has 1 aromatic carbocycles. The average molecular weight is 302 g/mol. The standard InChI is InChI=1S/C14H20FN3O.ClH/c1-18(12-6-7-16-9-12)10-14(19)17-8-11-4-2-3-5-13(11)15;/h2-5,12,16H,6-10H2,1H3,(H,17,19);1H. The first-order valence-corrected chi connectivity index (χ1v) is 6.58. The molecule has 0 saturated carbocycles. The third-order valence-corrected chi connectivity index (χ3v) is 3.48.